The number of anilines is 1. The summed E-state index contributed by atoms with van der Waals surface area (Å²) in [5.41, 5.74) is 1.87. The Balaban J connectivity index is 2.39. The third-order valence-corrected chi connectivity index (χ3v) is 3.35. The molecule has 2 rings (SSSR count). The molecule has 0 saturated heterocycles. The van der Waals surface area contributed by atoms with E-state index in [4.69, 9.17) is 4.74 Å². The largest absolute Gasteiger partial charge is 0.464 e. The van der Waals surface area contributed by atoms with Gasteiger partial charge < -0.3 is 10.1 Å². The molecule has 1 unspecified atom stereocenters. The van der Waals surface area contributed by atoms with Crippen molar-refractivity contribution in [2.75, 3.05) is 11.9 Å². The summed E-state index contributed by atoms with van der Waals surface area (Å²) in [4.78, 5) is 16.5. The molecule has 0 bridgehead atoms. The number of nitrogens with one attached hydrogen (secondary N) is 1. The molecule has 0 saturated carbocycles. The molecule has 4 nitrogen and oxygen atoms in total. The maximum atomic E-state index is 12.4. The predicted molar refractivity (Wildman–Crippen MR) is 83.0 cm³/mol. The first-order valence-electron chi connectivity index (χ1n) is 6.99. The van der Waals surface area contributed by atoms with Gasteiger partial charge in [0.25, 0.3) is 0 Å². The first-order chi connectivity index (χ1) is 10.1. The van der Waals surface area contributed by atoms with Gasteiger partial charge in [-0.05, 0) is 56.2 Å². The highest BCUT2D eigenvalue weighted by Crippen LogP contribution is 2.27. The number of aryl methyl sites for hydroxylation is 1. The normalized spacial score (nSPS) is 13.3. The average molecular weight is 284 g/mol. The monoisotopic (exact) mass is 284 g/mol. The molecule has 2 aromatic rings. The lowest BCUT2D eigenvalue weighted by atomic mass is 9.92. The maximum absolute atomic E-state index is 12.4. The summed E-state index contributed by atoms with van der Waals surface area (Å²) in [6.07, 6.45) is 3.34. The van der Waals surface area contributed by atoms with E-state index in [2.05, 4.69) is 10.3 Å². The van der Waals surface area contributed by atoms with Crippen molar-refractivity contribution >= 4 is 11.7 Å². The quantitative estimate of drug-likeness (QED) is 0.856. The van der Waals surface area contributed by atoms with Gasteiger partial charge in [0.15, 0.2) is 5.54 Å². The first-order valence-corrected chi connectivity index (χ1v) is 6.99. The Kier molecular flexibility index (Phi) is 4.58. The zero-order valence-corrected chi connectivity index (χ0v) is 12.6. The Morgan fingerprint density at radius 2 is 2.00 bits per heavy atom. The highest BCUT2D eigenvalue weighted by atomic mass is 16.5. The van der Waals surface area contributed by atoms with Crippen LogP contribution in [0.4, 0.5) is 5.69 Å². The Morgan fingerprint density at radius 1 is 1.29 bits per heavy atom. The van der Waals surface area contributed by atoms with Crippen LogP contribution in [0.15, 0.2) is 48.8 Å². The van der Waals surface area contributed by atoms with E-state index in [9.17, 15) is 4.79 Å². The number of esters is 1. The Hall–Kier alpha value is -2.36. The van der Waals surface area contributed by atoms with Crippen molar-refractivity contribution in [3.8, 4) is 0 Å². The third-order valence-electron chi connectivity index (χ3n) is 3.35. The molecule has 0 amide bonds. The Labute approximate surface area is 125 Å². The molecule has 21 heavy (non-hydrogen) atoms. The van der Waals surface area contributed by atoms with Crippen LogP contribution in [0.2, 0.25) is 0 Å². The molecule has 1 aromatic heterocycles. The fourth-order valence-electron chi connectivity index (χ4n) is 2.21. The second-order valence-corrected chi connectivity index (χ2v) is 5.08. The maximum Gasteiger partial charge on any atom is 0.336 e. The fourth-order valence-corrected chi connectivity index (χ4v) is 2.21. The van der Waals surface area contributed by atoms with Gasteiger partial charge in [0.05, 0.1) is 6.61 Å². The van der Waals surface area contributed by atoms with E-state index >= 15 is 0 Å². The second-order valence-electron chi connectivity index (χ2n) is 5.08. The van der Waals surface area contributed by atoms with Gasteiger partial charge >= 0.3 is 5.97 Å². The van der Waals surface area contributed by atoms with Gasteiger partial charge in [-0.3, -0.25) is 4.98 Å². The number of rotatable bonds is 5. The summed E-state index contributed by atoms with van der Waals surface area (Å²) < 4.78 is 5.24. The summed E-state index contributed by atoms with van der Waals surface area (Å²) in [5, 5.41) is 3.29. The lowest BCUT2D eigenvalue weighted by molar-refractivity contribution is -0.148. The topological polar surface area (TPSA) is 51.2 Å². The van der Waals surface area contributed by atoms with Crippen molar-refractivity contribution < 1.29 is 9.53 Å². The number of hydrogen-bond donors (Lipinski definition) is 1. The molecule has 4 heteroatoms. The zero-order valence-electron chi connectivity index (χ0n) is 12.6. The molecular weight excluding hydrogens is 264 g/mol. The average Bonchev–Trinajstić information content (AvgIpc) is 2.48. The van der Waals surface area contributed by atoms with Crippen LogP contribution in [0.1, 0.15) is 25.0 Å². The lowest BCUT2D eigenvalue weighted by Crippen LogP contribution is -2.42. The van der Waals surface area contributed by atoms with Gasteiger partial charge in [-0.15, -0.1) is 0 Å². The lowest BCUT2D eigenvalue weighted by Gasteiger charge is -2.30. The minimum atomic E-state index is -0.952. The molecule has 0 radical (unpaired) electrons. The van der Waals surface area contributed by atoms with E-state index in [1.165, 1.54) is 0 Å². The minimum Gasteiger partial charge on any atom is -0.464 e. The van der Waals surface area contributed by atoms with E-state index in [-0.39, 0.29) is 5.97 Å². The van der Waals surface area contributed by atoms with Crippen molar-refractivity contribution in [2.24, 2.45) is 0 Å². The smallest absolute Gasteiger partial charge is 0.336 e. The van der Waals surface area contributed by atoms with Gasteiger partial charge in [-0.2, -0.15) is 0 Å². The zero-order chi connectivity index (χ0) is 15.3. The molecule has 1 atom stereocenters. The van der Waals surface area contributed by atoms with E-state index < -0.39 is 5.54 Å². The Bertz CT molecular complexity index is 613. The number of hydrogen-bond acceptors (Lipinski definition) is 4. The molecule has 0 aliphatic carbocycles. The van der Waals surface area contributed by atoms with Gasteiger partial charge in [0.1, 0.15) is 0 Å². The molecule has 1 heterocycles. The number of pyridine rings is 1. The molecule has 0 spiro atoms. The van der Waals surface area contributed by atoms with Crippen molar-refractivity contribution in [3.63, 3.8) is 0 Å². The fraction of sp³-hybridized carbons (Fsp3) is 0.294. The molecule has 1 N–H and O–H groups in total. The van der Waals surface area contributed by atoms with Crippen LogP contribution in [0.3, 0.4) is 0 Å². The third kappa shape index (κ3) is 3.40. The minimum absolute atomic E-state index is 0.308. The number of carbonyl (C=O) groups excluding carboxylic acids is 1. The van der Waals surface area contributed by atoms with Crippen LogP contribution in [0.5, 0.6) is 0 Å². The van der Waals surface area contributed by atoms with Crippen LogP contribution in [-0.4, -0.2) is 17.6 Å². The Morgan fingerprint density at radius 3 is 2.62 bits per heavy atom. The van der Waals surface area contributed by atoms with Gasteiger partial charge in [0.2, 0.25) is 0 Å². The van der Waals surface area contributed by atoms with E-state index in [0.717, 1.165) is 16.8 Å². The second kappa shape index (κ2) is 6.39. The van der Waals surface area contributed by atoms with Gasteiger partial charge in [-0.25, -0.2) is 4.79 Å². The van der Waals surface area contributed by atoms with Crippen LogP contribution < -0.4 is 5.32 Å². The van der Waals surface area contributed by atoms with Crippen molar-refractivity contribution in [2.45, 2.75) is 26.3 Å². The summed E-state index contributed by atoms with van der Waals surface area (Å²) in [5.74, 6) is -0.308. The van der Waals surface area contributed by atoms with Crippen LogP contribution in [-0.2, 0) is 15.1 Å². The molecule has 110 valence electrons. The summed E-state index contributed by atoms with van der Waals surface area (Å²) >= 11 is 0. The highest BCUT2D eigenvalue weighted by molar-refractivity contribution is 5.85. The number of ether oxygens (including phenoxy) is 1. The number of nitrogens with zero attached hydrogens (tertiary/aromatic N) is 1. The molecule has 0 fully saturated rings. The summed E-state index contributed by atoms with van der Waals surface area (Å²) in [7, 11) is 0. The van der Waals surface area contributed by atoms with E-state index in [1.54, 1.807) is 19.3 Å². The number of carbonyl (C=O) groups is 1. The predicted octanol–water partition coefficient (Wildman–Crippen LogP) is 3.28. The van der Waals surface area contributed by atoms with Crippen molar-refractivity contribution in [3.05, 3.63) is 59.9 Å². The molecular formula is C17H20N2O2. The summed E-state index contributed by atoms with van der Waals surface area (Å²) in [6, 6.07) is 11.5. The summed E-state index contributed by atoms with van der Waals surface area (Å²) in [6.45, 7) is 5.98. The number of benzene rings is 1. The highest BCUT2D eigenvalue weighted by Gasteiger charge is 2.36. The standard InChI is InChI=1S/C17H20N2O2/c1-4-21-16(20)17(3,14-8-10-18-11-9-14)19-15-7-5-6-13(2)12-15/h5-12,19H,4H2,1-3H3. The SMILES string of the molecule is CCOC(=O)C(C)(Nc1cccc(C)c1)c1ccncc1. The molecule has 0 aliphatic rings. The molecule has 1 aromatic carbocycles. The van der Waals surface area contributed by atoms with Gasteiger partial charge in [-0.1, -0.05) is 12.1 Å². The van der Waals surface area contributed by atoms with Crippen LogP contribution in [0.25, 0.3) is 0 Å². The van der Waals surface area contributed by atoms with E-state index in [1.807, 2.05) is 50.2 Å². The number of aromatic nitrogens is 1. The van der Waals surface area contributed by atoms with E-state index in [0.29, 0.717) is 6.61 Å². The molecule has 0 aliphatic heterocycles. The van der Waals surface area contributed by atoms with Gasteiger partial charge in [0, 0.05) is 18.1 Å². The van der Waals surface area contributed by atoms with Crippen LogP contribution >= 0.6 is 0 Å². The van der Waals surface area contributed by atoms with Crippen molar-refractivity contribution in [1.29, 1.82) is 0 Å². The van der Waals surface area contributed by atoms with Crippen molar-refractivity contribution in [1.82, 2.24) is 4.98 Å². The van der Waals surface area contributed by atoms with Crippen LogP contribution in [0, 0.1) is 6.92 Å². The first kappa shape index (κ1) is 15.0.